The summed E-state index contributed by atoms with van der Waals surface area (Å²) in [4.78, 5) is 0. The summed E-state index contributed by atoms with van der Waals surface area (Å²) in [5.74, 6) is 0. The van der Waals surface area contributed by atoms with E-state index in [0.717, 1.165) is 5.56 Å². The lowest BCUT2D eigenvalue weighted by molar-refractivity contribution is 0.200. The molecule has 0 aromatic heterocycles. The minimum absolute atomic E-state index is 0.172. The van der Waals surface area contributed by atoms with Crippen molar-refractivity contribution in [2.45, 2.75) is 12.1 Å². The van der Waals surface area contributed by atoms with Gasteiger partial charge < -0.3 is 5.11 Å². The molecule has 0 spiro atoms. The zero-order valence-electron chi connectivity index (χ0n) is 7.54. The van der Waals surface area contributed by atoms with Crippen molar-refractivity contribution >= 4 is 0 Å². The van der Waals surface area contributed by atoms with Crippen molar-refractivity contribution in [2.75, 3.05) is 6.61 Å². The molecule has 1 heterocycles. The normalized spacial score (nSPS) is 17.5. The molecule has 0 fully saturated rings. The lowest BCUT2D eigenvalue weighted by atomic mass is 10.0. The Balaban J connectivity index is 2.17. The van der Waals surface area contributed by atoms with Crippen LogP contribution in [0.3, 0.4) is 0 Å². The molecule has 72 valence electrons. The van der Waals surface area contributed by atoms with E-state index in [0.29, 0.717) is 6.42 Å². The molecule has 1 aromatic carbocycles. The number of aliphatic hydroxyl groups is 1. The van der Waals surface area contributed by atoms with Gasteiger partial charge in [0.15, 0.2) is 0 Å². The van der Waals surface area contributed by atoms with Crippen LogP contribution in [0.1, 0.15) is 5.56 Å². The fourth-order valence-corrected chi connectivity index (χ4v) is 1.34. The molecule has 0 unspecified atom stereocenters. The fraction of sp³-hybridized carbons (Fsp3) is 0.333. The highest BCUT2D eigenvalue weighted by molar-refractivity contribution is 5.17. The van der Waals surface area contributed by atoms with Gasteiger partial charge in [-0.25, -0.2) is 0 Å². The molecule has 0 aliphatic carbocycles. The van der Waals surface area contributed by atoms with Gasteiger partial charge in [0.05, 0.1) is 6.61 Å². The van der Waals surface area contributed by atoms with E-state index in [9.17, 15) is 5.11 Å². The van der Waals surface area contributed by atoms with Gasteiger partial charge in [-0.3, -0.25) is 0 Å². The van der Waals surface area contributed by atoms with Crippen molar-refractivity contribution in [1.29, 1.82) is 0 Å². The molecule has 1 N–H and O–H groups in total. The molecule has 5 nitrogen and oxygen atoms in total. The highest BCUT2D eigenvalue weighted by Crippen LogP contribution is 2.24. The SMILES string of the molecule is OCC1(Cc2ccccc2)N=NN=N1. The zero-order chi connectivity index (χ0) is 9.86. The quantitative estimate of drug-likeness (QED) is 0.774. The zero-order valence-corrected chi connectivity index (χ0v) is 7.54. The molecule has 0 bridgehead atoms. The largest absolute Gasteiger partial charge is 0.392 e. The summed E-state index contributed by atoms with van der Waals surface area (Å²) in [6.07, 6.45) is 0.525. The molecule has 1 aromatic rings. The first kappa shape index (κ1) is 8.96. The minimum Gasteiger partial charge on any atom is -0.392 e. The van der Waals surface area contributed by atoms with Crippen LogP contribution in [-0.2, 0) is 6.42 Å². The van der Waals surface area contributed by atoms with Crippen LogP contribution in [0.4, 0.5) is 0 Å². The molecule has 0 amide bonds. The van der Waals surface area contributed by atoms with Crippen molar-refractivity contribution in [3.63, 3.8) is 0 Å². The second-order valence-electron chi connectivity index (χ2n) is 3.18. The van der Waals surface area contributed by atoms with Gasteiger partial charge in [-0.2, -0.15) is 0 Å². The second-order valence-corrected chi connectivity index (χ2v) is 3.18. The third-order valence-electron chi connectivity index (χ3n) is 2.09. The molecule has 1 aliphatic rings. The van der Waals surface area contributed by atoms with Crippen LogP contribution < -0.4 is 0 Å². The maximum Gasteiger partial charge on any atom is 0.221 e. The minimum atomic E-state index is -0.888. The van der Waals surface area contributed by atoms with E-state index in [1.54, 1.807) is 0 Å². The van der Waals surface area contributed by atoms with Gasteiger partial charge in [0, 0.05) is 6.42 Å². The van der Waals surface area contributed by atoms with Crippen LogP contribution in [-0.4, -0.2) is 17.4 Å². The Morgan fingerprint density at radius 2 is 1.71 bits per heavy atom. The Labute approximate surface area is 81.2 Å². The van der Waals surface area contributed by atoms with E-state index in [4.69, 9.17) is 0 Å². The van der Waals surface area contributed by atoms with Crippen LogP contribution in [0.5, 0.6) is 0 Å². The van der Waals surface area contributed by atoms with Crippen LogP contribution in [0, 0.1) is 0 Å². The molecule has 0 saturated carbocycles. The standard InChI is InChI=1S/C9H10N4O/c14-7-9(10-12-13-11-9)6-8-4-2-1-3-5-8/h1-5,14H,6-7H2. The molecule has 2 rings (SSSR count). The van der Waals surface area contributed by atoms with E-state index >= 15 is 0 Å². The summed E-state index contributed by atoms with van der Waals surface area (Å²) in [7, 11) is 0. The fourth-order valence-electron chi connectivity index (χ4n) is 1.34. The third-order valence-corrected chi connectivity index (χ3v) is 2.09. The first-order chi connectivity index (χ1) is 6.85. The van der Waals surface area contributed by atoms with E-state index in [1.165, 1.54) is 0 Å². The van der Waals surface area contributed by atoms with E-state index in [-0.39, 0.29) is 6.61 Å². The van der Waals surface area contributed by atoms with Crippen LogP contribution in [0.25, 0.3) is 0 Å². The number of benzene rings is 1. The number of hydrogen-bond acceptors (Lipinski definition) is 5. The lowest BCUT2D eigenvalue weighted by Gasteiger charge is -2.15. The Hall–Kier alpha value is -1.62. The monoisotopic (exact) mass is 190 g/mol. The van der Waals surface area contributed by atoms with E-state index in [1.807, 2.05) is 30.3 Å². The average Bonchev–Trinajstić information content (AvgIpc) is 2.69. The summed E-state index contributed by atoms with van der Waals surface area (Å²) in [5, 5.41) is 23.7. The van der Waals surface area contributed by atoms with Crippen LogP contribution >= 0.6 is 0 Å². The number of hydrogen-bond donors (Lipinski definition) is 1. The van der Waals surface area contributed by atoms with Gasteiger partial charge in [-0.1, -0.05) is 30.3 Å². The second kappa shape index (κ2) is 3.63. The maximum absolute atomic E-state index is 9.17. The van der Waals surface area contributed by atoms with E-state index < -0.39 is 5.66 Å². The molecule has 0 saturated heterocycles. The van der Waals surface area contributed by atoms with E-state index in [2.05, 4.69) is 20.7 Å². The molecule has 5 heteroatoms. The number of aliphatic hydroxyl groups excluding tert-OH is 1. The van der Waals surface area contributed by atoms with Crippen molar-refractivity contribution in [2.24, 2.45) is 20.7 Å². The molecular weight excluding hydrogens is 180 g/mol. The summed E-state index contributed by atoms with van der Waals surface area (Å²) in [6, 6.07) is 9.72. The summed E-state index contributed by atoms with van der Waals surface area (Å²) >= 11 is 0. The summed E-state index contributed by atoms with van der Waals surface area (Å²) in [6.45, 7) is -0.172. The lowest BCUT2D eigenvalue weighted by Crippen LogP contribution is -2.29. The molecule has 14 heavy (non-hydrogen) atoms. The molecular formula is C9H10N4O. The molecule has 1 aliphatic heterocycles. The van der Waals surface area contributed by atoms with Gasteiger partial charge >= 0.3 is 0 Å². The number of nitrogens with zero attached hydrogens (tertiary/aromatic N) is 4. The Morgan fingerprint density at radius 1 is 1.07 bits per heavy atom. The maximum atomic E-state index is 9.17. The van der Waals surface area contributed by atoms with Gasteiger partial charge in [0.2, 0.25) is 5.66 Å². The van der Waals surface area contributed by atoms with Gasteiger partial charge in [-0.05, 0) is 16.0 Å². The Kier molecular flexibility index (Phi) is 2.32. The molecule has 0 atom stereocenters. The summed E-state index contributed by atoms with van der Waals surface area (Å²) < 4.78 is 0. The Bertz CT molecular complexity index is 348. The predicted molar refractivity (Wildman–Crippen MR) is 49.7 cm³/mol. The first-order valence-corrected chi connectivity index (χ1v) is 4.33. The topological polar surface area (TPSA) is 69.7 Å². The molecule has 0 radical (unpaired) electrons. The van der Waals surface area contributed by atoms with Crippen molar-refractivity contribution in [1.82, 2.24) is 0 Å². The van der Waals surface area contributed by atoms with Gasteiger partial charge in [0.25, 0.3) is 0 Å². The highest BCUT2D eigenvalue weighted by Gasteiger charge is 2.32. The average molecular weight is 190 g/mol. The smallest absolute Gasteiger partial charge is 0.221 e. The number of rotatable bonds is 3. The van der Waals surface area contributed by atoms with Crippen LogP contribution in [0.15, 0.2) is 51.0 Å². The third kappa shape index (κ3) is 1.67. The van der Waals surface area contributed by atoms with Crippen molar-refractivity contribution < 1.29 is 5.11 Å². The Morgan fingerprint density at radius 3 is 2.29 bits per heavy atom. The van der Waals surface area contributed by atoms with Gasteiger partial charge in [0.1, 0.15) is 0 Å². The predicted octanol–water partition coefficient (Wildman–Crippen LogP) is 1.75. The van der Waals surface area contributed by atoms with Crippen molar-refractivity contribution in [3.05, 3.63) is 35.9 Å². The van der Waals surface area contributed by atoms with Gasteiger partial charge in [-0.15, -0.1) is 10.2 Å². The summed E-state index contributed by atoms with van der Waals surface area (Å²) in [5.41, 5.74) is 0.169. The van der Waals surface area contributed by atoms with Crippen molar-refractivity contribution in [3.8, 4) is 0 Å². The highest BCUT2D eigenvalue weighted by atomic mass is 16.3. The van der Waals surface area contributed by atoms with Crippen LogP contribution in [0.2, 0.25) is 0 Å². The first-order valence-electron chi connectivity index (χ1n) is 4.33.